The number of anilines is 1. The Hall–Kier alpha value is -0.570. The van der Waals surface area contributed by atoms with Crippen molar-refractivity contribution in [3.05, 3.63) is 28.5 Å². The van der Waals surface area contributed by atoms with Crippen molar-refractivity contribution < 1.29 is 4.39 Å². The van der Waals surface area contributed by atoms with Gasteiger partial charge in [-0.3, -0.25) is 0 Å². The van der Waals surface area contributed by atoms with E-state index in [1.54, 1.807) is 12.1 Å². The average Bonchev–Trinajstić information content (AvgIpc) is 2.27. The molecule has 0 aliphatic heterocycles. The summed E-state index contributed by atoms with van der Waals surface area (Å²) < 4.78 is 13.9. The molecule has 0 unspecified atom stereocenters. The van der Waals surface area contributed by atoms with Crippen LogP contribution in [0.5, 0.6) is 0 Å². The number of rotatable bonds is 2. The molecule has 1 N–H and O–H groups in total. The molecule has 2 rings (SSSR count). The molecule has 1 aliphatic rings. The second kappa shape index (κ2) is 4.97. The zero-order chi connectivity index (χ0) is 12.5. The molecule has 94 valence electrons. The van der Waals surface area contributed by atoms with Crippen LogP contribution in [0.4, 0.5) is 10.1 Å². The maximum absolute atomic E-state index is 13.4. The lowest BCUT2D eigenvalue weighted by Crippen LogP contribution is -2.29. The first-order chi connectivity index (χ1) is 7.96. The highest BCUT2D eigenvalue weighted by Crippen LogP contribution is 2.36. The van der Waals surface area contributed by atoms with E-state index in [4.69, 9.17) is 0 Å². The molecule has 17 heavy (non-hydrogen) atoms. The Bertz CT molecular complexity index is 393. The van der Waals surface area contributed by atoms with Crippen LogP contribution in [0.2, 0.25) is 0 Å². The molecule has 1 nitrogen and oxygen atoms in total. The first-order valence-electron chi connectivity index (χ1n) is 6.18. The van der Waals surface area contributed by atoms with Gasteiger partial charge in [-0.1, -0.05) is 13.8 Å². The summed E-state index contributed by atoms with van der Waals surface area (Å²) in [5.74, 6) is -0.203. The van der Waals surface area contributed by atoms with Crippen molar-refractivity contribution in [2.45, 2.75) is 45.6 Å². The van der Waals surface area contributed by atoms with Crippen molar-refractivity contribution in [2.24, 2.45) is 5.41 Å². The van der Waals surface area contributed by atoms with Gasteiger partial charge in [0.15, 0.2) is 0 Å². The molecule has 0 atom stereocenters. The van der Waals surface area contributed by atoms with E-state index in [-0.39, 0.29) is 5.82 Å². The third-order valence-corrected chi connectivity index (χ3v) is 4.27. The van der Waals surface area contributed by atoms with E-state index in [0.717, 1.165) is 5.69 Å². The molecule has 1 aliphatic carbocycles. The monoisotopic (exact) mass is 299 g/mol. The highest BCUT2D eigenvalue weighted by molar-refractivity contribution is 9.10. The van der Waals surface area contributed by atoms with E-state index in [0.29, 0.717) is 15.9 Å². The van der Waals surface area contributed by atoms with Gasteiger partial charge >= 0.3 is 0 Å². The Morgan fingerprint density at radius 3 is 2.53 bits per heavy atom. The number of nitrogens with one attached hydrogen (secondary N) is 1. The van der Waals surface area contributed by atoms with Crippen LogP contribution in [0, 0.1) is 11.2 Å². The molecule has 0 radical (unpaired) electrons. The summed E-state index contributed by atoms with van der Waals surface area (Å²) in [4.78, 5) is 0. The third-order valence-electron chi connectivity index (χ3n) is 3.63. The molecule has 0 spiro atoms. The van der Waals surface area contributed by atoms with E-state index >= 15 is 0 Å². The van der Waals surface area contributed by atoms with Gasteiger partial charge in [0, 0.05) is 11.7 Å². The van der Waals surface area contributed by atoms with Gasteiger partial charge in [0.2, 0.25) is 0 Å². The zero-order valence-electron chi connectivity index (χ0n) is 10.4. The normalized spacial score (nSPS) is 20.2. The quantitative estimate of drug-likeness (QED) is 0.813. The van der Waals surface area contributed by atoms with Gasteiger partial charge in [-0.05, 0) is 65.2 Å². The van der Waals surface area contributed by atoms with Gasteiger partial charge in [0.25, 0.3) is 0 Å². The summed E-state index contributed by atoms with van der Waals surface area (Å²) >= 11 is 3.17. The van der Waals surface area contributed by atoms with E-state index in [9.17, 15) is 4.39 Å². The molecular formula is C14H19BrFN. The molecule has 1 fully saturated rings. The van der Waals surface area contributed by atoms with Crippen molar-refractivity contribution in [1.82, 2.24) is 0 Å². The predicted octanol–water partition coefficient (Wildman–Crippen LogP) is 4.97. The highest BCUT2D eigenvalue weighted by Gasteiger charge is 2.26. The fraction of sp³-hybridized carbons (Fsp3) is 0.571. The minimum Gasteiger partial charge on any atom is -0.382 e. The van der Waals surface area contributed by atoms with Crippen molar-refractivity contribution in [3.63, 3.8) is 0 Å². The van der Waals surface area contributed by atoms with Gasteiger partial charge in [-0.15, -0.1) is 0 Å². The van der Waals surface area contributed by atoms with Gasteiger partial charge < -0.3 is 5.32 Å². The van der Waals surface area contributed by atoms with Gasteiger partial charge in [0.1, 0.15) is 5.82 Å². The van der Waals surface area contributed by atoms with E-state index in [1.165, 1.54) is 25.7 Å². The van der Waals surface area contributed by atoms with Gasteiger partial charge in [-0.25, -0.2) is 4.39 Å². The van der Waals surface area contributed by atoms with Crippen LogP contribution in [0.1, 0.15) is 39.5 Å². The van der Waals surface area contributed by atoms with Crippen LogP contribution in [-0.2, 0) is 0 Å². The minimum absolute atomic E-state index is 0.203. The maximum atomic E-state index is 13.4. The van der Waals surface area contributed by atoms with Crippen LogP contribution in [0.15, 0.2) is 22.7 Å². The van der Waals surface area contributed by atoms with Gasteiger partial charge in [-0.2, -0.15) is 0 Å². The summed E-state index contributed by atoms with van der Waals surface area (Å²) in [5.41, 5.74) is 1.36. The molecule has 0 bridgehead atoms. The largest absolute Gasteiger partial charge is 0.382 e. The Morgan fingerprint density at radius 1 is 1.29 bits per heavy atom. The van der Waals surface area contributed by atoms with Crippen molar-refractivity contribution >= 4 is 21.6 Å². The third kappa shape index (κ3) is 3.44. The lowest BCUT2D eigenvalue weighted by Gasteiger charge is -2.35. The Labute approximate surface area is 111 Å². The lowest BCUT2D eigenvalue weighted by molar-refractivity contribution is 0.232. The Morgan fingerprint density at radius 2 is 1.94 bits per heavy atom. The molecule has 1 aromatic carbocycles. The van der Waals surface area contributed by atoms with Crippen LogP contribution in [-0.4, -0.2) is 6.04 Å². The van der Waals surface area contributed by atoms with E-state index in [1.807, 2.05) is 6.07 Å². The molecule has 3 heteroatoms. The molecule has 1 aromatic rings. The Balaban J connectivity index is 1.95. The van der Waals surface area contributed by atoms with Crippen molar-refractivity contribution in [1.29, 1.82) is 0 Å². The summed E-state index contributed by atoms with van der Waals surface area (Å²) in [5, 5.41) is 3.43. The second-order valence-electron chi connectivity index (χ2n) is 5.71. The fourth-order valence-corrected chi connectivity index (χ4v) is 2.61. The number of hydrogen-bond acceptors (Lipinski definition) is 1. The Kier molecular flexibility index (Phi) is 3.76. The summed E-state index contributed by atoms with van der Waals surface area (Å²) in [7, 11) is 0. The first kappa shape index (κ1) is 12.9. The number of hydrogen-bond donors (Lipinski definition) is 1. The van der Waals surface area contributed by atoms with E-state index < -0.39 is 0 Å². The second-order valence-corrected chi connectivity index (χ2v) is 6.57. The smallest absolute Gasteiger partial charge is 0.139 e. The molecule has 0 aromatic heterocycles. The van der Waals surface area contributed by atoms with Crippen LogP contribution >= 0.6 is 15.9 Å². The van der Waals surface area contributed by atoms with Crippen molar-refractivity contribution in [2.75, 3.05) is 5.32 Å². The number of halogens is 2. The van der Waals surface area contributed by atoms with Gasteiger partial charge in [0.05, 0.1) is 4.47 Å². The first-order valence-corrected chi connectivity index (χ1v) is 6.97. The molecule has 0 heterocycles. The highest BCUT2D eigenvalue weighted by atomic mass is 79.9. The summed E-state index contributed by atoms with van der Waals surface area (Å²) in [6.45, 7) is 4.64. The fourth-order valence-electron chi connectivity index (χ4n) is 2.37. The molecule has 0 saturated heterocycles. The van der Waals surface area contributed by atoms with Crippen LogP contribution < -0.4 is 5.32 Å². The van der Waals surface area contributed by atoms with E-state index in [2.05, 4.69) is 35.1 Å². The van der Waals surface area contributed by atoms with Crippen molar-refractivity contribution in [3.8, 4) is 0 Å². The minimum atomic E-state index is -0.203. The van der Waals surface area contributed by atoms with Crippen LogP contribution in [0.3, 0.4) is 0 Å². The summed E-state index contributed by atoms with van der Waals surface area (Å²) in [6, 6.07) is 5.73. The van der Waals surface area contributed by atoms with Crippen LogP contribution in [0.25, 0.3) is 0 Å². The lowest BCUT2D eigenvalue weighted by atomic mass is 9.75. The molecule has 0 amide bonds. The standard InChI is InChI=1S/C14H19BrFN/c1-14(2)7-5-10(6-8-14)17-11-3-4-12(15)13(16)9-11/h3-4,9-10,17H,5-8H2,1-2H3. The molecule has 1 saturated carbocycles. The summed E-state index contributed by atoms with van der Waals surface area (Å²) in [6.07, 6.45) is 4.82. The number of benzene rings is 1. The zero-order valence-corrected chi connectivity index (χ0v) is 12.0. The predicted molar refractivity (Wildman–Crippen MR) is 73.8 cm³/mol. The SMILES string of the molecule is CC1(C)CCC(Nc2ccc(Br)c(F)c2)CC1. The maximum Gasteiger partial charge on any atom is 0.139 e. The molecular weight excluding hydrogens is 281 g/mol. The topological polar surface area (TPSA) is 12.0 Å². The average molecular weight is 300 g/mol.